The van der Waals surface area contributed by atoms with E-state index in [1.807, 2.05) is 33.2 Å². The molecule has 94 valence electrons. The highest BCUT2D eigenvalue weighted by molar-refractivity contribution is 5.83. The Labute approximate surface area is 92.3 Å². The first-order valence-electron chi connectivity index (χ1n) is 4.98. The van der Waals surface area contributed by atoms with Crippen LogP contribution in [-0.4, -0.2) is 18.7 Å². The van der Waals surface area contributed by atoms with Crippen LogP contribution in [0.3, 0.4) is 0 Å². The molecular weight excluding hydrogens is 223 g/mol. The molecule has 0 bridgehead atoms. The monoisotopic (exact) mass is 239 g/mol. The van der Waals surface area contributed by atoms with Gasteiger partial charge in [0, 0.05) is 0 Å². The topological polar surface area (TPSA) is 38.3 Å². The minimum Gasteiger partial charge on any atom is -0.272 e. The van der Waals surface area contributed by atoms with E-state index in [4.69, 9.17) is 0 Å². The van der Waals surface area contributed by atoms with E-state index in [9.17, 15) is 18.0 Å². The Bertz CT molecular complexity index is 283. The fourth-order valence-electron chi connectivity index (χ4n) is 2.10. The maximum atomic E-state index is 11.8. The fraction of sp³-hybridized carbons (Fsp3) is 0.900. The van der Waals surface area contributed by atoms with Gasteiger partial charge in [0.05, 0.1) is 5.92 Å². The minimum atomic E-state index is -4.43. The van der Waals surface area contributed by atoms with Crippen LogP contribution in [0.1, 0.15) is 27.7 Å². The van der Waals surface area contributed by atoms with E-state index in [0.717, 1.165) is 0 Å². The largest absolute Gasteiger partial charge is 0.414 e. The number of alkyl halides is 3. The number of carbonyl (C=O) groups is 1. The SMILES string of the molecule is CC1(C)C(C(=O)NOCC(F)(F)F)C1(C)C. The second-order valence-corrected chi connectivity index (χ2v) is 5.25. The number of hydroxylamine groups is 1. The molecule has 0 aromatic heterocycles. The van der Waals surface area contributed by atoms with Crippen molar-refractivity contribution in [2.75, 3.05) is 6.61 Å². The molecular formula is C10H16F3NO2. The summed E-state index contributed by atoms with van der Waals surface area (Å²) < 4.78 is 35.3. The van der Waals surface area contributed by atoms with E-state index in [2.05, 4.69) is 4.84 Å². The quantitative estimate of drug-likeness (QED) is 0.767. The van der Waals surface area contributed by atoms with Crippen molar-refractivity contribution >= 4 is 5.91 Å². The molecule has 0 atom stereocenters. The van der Waals surface area contributed by atoms with E-state index < -0.39 is 18.7 Å². The summed E-state index contributed by atoms with van der Waals surface area (Å²) in [4.78, 5) is 15.6. The van der Waals surface area contributed by atoms with Crippen LogP contribution in [-0.2, 0) is 9.63 Å². The van der Waals surface area contributed by atoms with Gasteiger partial charge in [0.2, 0.25) is 5.91 Å². The van der Waals surface area contributed by atoms with Crippen molar-refractivity contribution in [3.8, 4) is 0 Å². The molecule has 16 heavy (non-hydrogen) atoms. The minimum absolute atomic E-state index is 0.210. The second kappa shape index (κ2) is 3.61. The van der Waals surface area contributed by atoms with Crippen molar-refractivity contribution in [1.29, 1.82) is 0 Å². The van der Waals surface area contributed by atoms with Gasteiger partial charge < -0.3 is 0 Å². The number of halogens is 3. The third-order valence-electron chi connectivity index (χ3n) is 3.69. The summed E-state index contributed by atoms with van der Waals surface area (Å²) in [6.07, 6.45) is -4.43. The van der Waals surface area contributed by atoms with Crippen molar-refractivity contribution in [3.05, 3.63) is 0 Å². The van der Waals surface area contributed by atoms with Gasteiger partial charge in [0.15, 0.2) is 6.61 Å². The van der Waals surface area contributed by atoms with E-state index in [1.54, 1.807) is 0 Å². The number of amides is 1. The van der Waals surface area contributed by atoms with Crippen LogP contribution >= 0.6 is 0 Å². The standard InChI is InChI=1S/C10H16F3NO2/c1-8(2)6(9(8,3)4)7(15)14-16-5-10(11,12)13/h6H,5H2,1-4H3,(H,14,15). The number of hydrogen-bond donors (Lipinski definition) is 1. The van der Waals surface area contributed by atoms with Crippen LogP contribution in [0.25, 0.3) is 0 Å². The Morgan fingerprint density at radius 3 is 2.00 bits per heavy atom. The predicted molar refractivity (Wildman–Crippen MR) is 51.2 cm³/mol. The summed E-state index contributed by atoms with van der Waals surface area (Å²) in [5, 5.41) is 0. The molecule has 1 aliphatic rings. The van der Waals surface area contributed by atoms with Gasteiger partial charge >= 0.3 is 6.18 Å². The highest BCUT2D eigenvalue weighted by Gasteiger charge is 2.68. The first-order chi connectivity index (χ1) is 7.00. The van der Waals surface area contributed by atoms with Crippen LogP contribution in [0.15, 0.2) is 0 Å². The highest BCUT2D eigenvalue weighted by Crippen LogP contribution is 2.68. The lowest BCUT2D eigenvalue weighted by Crippen LogP contribution is -2.31. The molecule has 1 fully saturated rings. The Hall–Kier alpha value is -0.780. The highest BCUT2D eigenvalue weighted by atomic mass is 19.4. The van der Waals surface area contributed by atoms with Crippen LogP contribution in [0.5, 0.6) is 0 Å². The first kappa shape index (κ1) is 13.3. The molecule has 1 rings (SSSR count). The zero-order valence-electron chi connectivity index (χ0n) is 9.73. The molecule has 0 spiro atoms. The molecule has 0 heterocycles. The van der Waals surface area contributed by atoms with Gasteiger partial charge in [-0.15, -0.1) is 0 Å². The summed E-state index contributed by atoms with van der Waals surface area (Å²) in [6, 6.07) is 0. The summed E-state index contributed by atoms with van der Waals surface area (Å²) in [5.74, 6) is -0.799. The molecule has 0 unspecified atom stereocenters. The lowest BCUT2D eigenvalue weighted by molar-refractivity contribution is -0.192. The van der Waals surface area contributed by atoms with Crippen molar-refractivity contribution < 1.29 is 22.8 Å². The summed E-state index contributed by atoms with van der Waals surface area (Å²) >= 11 is 0. The third-order valence-corrected chi connectivity index (χ3v) is 3.69. The third kappa shape index (κ3) is 2.31. The van der Waals surface area contributed by atoms with E-state index >= 15 is 0 Å². The van der Waals surface area contributed by atoms with Crippen LogP contribution < -0.4 is 5.48 Å². The Balaban J connectivity index is 2.39. The van der Waals surface area contributed by atoms with E-state index in [1.165, 1.54) is 0 Å². The van der Waals surface area contributed by atoms with Crippen molar-refractivity contribution in [2.45, 2.75) is 33.9 Å². The molecule has 0 aliphatic heterocycles. The van der Waals surface area contributed by atoms with Gasteiger partial charge in [0.1, 0.15) is 0 Å². The number of hydrogen-bond acceptors (Lipinski definition) is 2. The average molecular weight is 239 g/mol. The van der Waals surface area contributed by atoms with Crippen molar-refractivity contribution in [1.82, 2.24) is 5.48 Å². The molecule has 1 N–H and O–H groups in total. The van der Waals surface area contributed by atoms with Gasteiger partial charge in [-0.25, -0.2) is 5.48 Å². The van der Waals surface area contributed by atoms with Crippen molar-refractivity contribution in [2.24, 2.45) is 16.7 Å². The fourth-order valence-corrected chi connectivity index (χ4v) is 2.10. The summed E-state index contributed by atoms with van der Waals surface area (Å²) in [6.45, 7) is 6.15. The molecule has 0 aromatic rings. The molecule has 1 amide bonds. The first-order valence-corrected chi connectivity index (χ1v) is 4.98. The molecule has 6 heteroatoms. The average Bonchev–Trinajstić information content (AvgIpc) is 2.39. The predicted octanol–water partition coefficient (Wildman–Crippen LogP) is 2.28. The molecule has 0 radical (unpaired) electrons. The number of carbonyl (C=O) groups excluding carboxylic acids is 1. The van der Waals surface area contributed by atoms with Gasteiger partial charge in [-0.3, -0.25) is 9.63 Å². The molecule has 0 aromatic carbocycles. The zero-order valence-corrected chi connectivity index (χ0v) is 9.73. The van der Waals surface area contributed by atoms with Crippen LogP contribution in [0.4, 0.5) is 13.2 Å². The molecule has 0 saturated heterocycles. The van der Waals surface area contributed by atoms with Crippen LogP contribution in [0, 0.1) is 16.7 Å². The number of nitrogens with one attached hydrogen (secondary N) is 1. The smallest absolute Gasteiger partial charge is 0.272 e. The van der Waals surface area contributed by atoms with Crippen molar-refractivity contribution in [3.63, 3.8) is 0 Å². The van der Waals surface area contributed by atoms with Gasteiger partial charge in [-0.1, -0.05) is 27.7 Å². The van der Waals surface area contributed by atoms with Crippen LogP contribution in [0.2, 0.25) is 0 Å². The second-order valence-electron chi connectivity index (χ2n) is 5.25. The zero-order chi connectivity index (χ0) is 12.8. The molecule has 1 aliphatic carbocycles. The number of rotatable bonds is 3. The van der Waals surface area contributed by atoms with Gasteiger partial charge in [-0.05, 0) is 10.8 Å². The lowest BCUT2D eigenvalue weighted by atomic mass is 10.0. The van der Waals surface area contributed by atoms with E-state index in [-0.39, 0.29) is 16.7 Å². The van der Waals surface area contributed by atoms with E-state index in [0.29, 0.717) is 0 Å². The lowest BCUT2D eigenvalue weighted by Gasteiger charge is -2.08. The normalized spacial score (nSPS) is 22.9. The van der Waals surface area contributed by atoms with Gasteiger partial charge in [0.25, 0.3) is 0 Å². The maximum absolute atomic E-state index is 11.8. The molecule has 3 nitrogen and oxygen atoms in total. The Kier molecular flexibility index (Phi) is 3.00. The molecule has 1 saturated carbocycles. The maximum Gasteiger partial charge on any atom is 0.414 e. The Morgan fingerprint density at radius 2 is 1.69 bits per heavy atom. The summed E-state index contributed by atoms with van der Waals surface area (Å²) in [7, 11) is 0. The van der Waals surface area contributed by atoms with Gasteiger partial charge in [-0.2, -0.15) is 13.2 Å². The Morgan fingerprint density at radius 1 is 1.25 bits per heavy atom. The summed E-state index contributed by atoms with van der Waals surface area (Å²) in [5.41, 5.74) is 1.43.